The average molecular weight is 407 g/mol. The fourth-order valence-corrected chi connectivity index (χ4v) is 4.33. The van der Waals surface area contributed by atoms with Crippen LogP contribution in [0.4, 0.5) is 0 Å². The molecule has 1 aliphatic rings. The molecule has 4 rings (SSSR count). The molecule has 5 heteroatoms. The summed E-state index contributed by atoms with van der Waals surface area (Å²) in [5.41, 5.74) is 4.95. The Labute approximate surface area is 177 Å². The number of aryl methyl sites for hydroxylation is 2. The SMILES string of the molecule is Cc1cc2oc(=O)cc(CN[C@@H](C)[C@@H](c3ccccc3)N3CCOCC3)c2cc1C. The summed E-state index contributed by atoms with van der Waals surface area (Å²) in [6, 6.07) is 16.7. The Balaban J connectivity index is 1.60. The first-order chi connectivity index (χ1) is 14.5. The van der Waals surface area contributed by atoms with Gasteiger partial charge in [0.15, 0.2) is 0 Å². The predicted octanol–water partition coefficient (Wildman–Crippen LogP) is 3.96. The molecule has 1 aliphatic heterocycles. The molecule has 2 heterocycles. The first kappa shape index (κ1) is 20.8. The molecule has 0 spiro atoms. The Bertz CT molecular complexity index is 1060. The lowest BCUT2D eigenvalue weighted by molar-refractivity contribution is 0.00855. The summed E-state index contributed by atoms with van der Waals surface area (Å²) in [6.07, 6.45) is 0. The average Bonchev–Trinajstić information content (AvgIpc) is 2.75. The van der Waals surface area contributed by atoms with E-state index in [1.54, 1.807) is 6.07 Å². The van der Waals surface area contributed by atoms with Crippen LogP contribution in [-0.2, 0) is 11.3 Å². The molecule has 1 aromatic heterocycles. The van der Waals surface area contributed by atoms with Crippen LogP contribution < -0.4 is 10.9 Å². The van der Waals surface area contributed by atoms with Crippen molar-refractivity contribution < 1.29 is 9.15 Å². The molecule has 2 aromatic carbocycles. The Morgan fingerprint density at radius 3 is 2.47 bits per heavy atom. The minimum atomic E-state index is -0.303. The predicted molar refractivity (Wildman–Crippen MR) is 120 cm³/mol. The third-order valence-corrected chi connectivity index (χ3v) is 6.11. The second kappa shape index (κ2) is 9.13. The molecule has 1 N–H and O–H groups in total. The van der Waals surface area contributed by atoms with Gasteiger partial charge in [-0.05, 0) is 55.2 Å². The molecule has 0 aliphatic carbocycles. The van der Waals surface area contributed by atoms with Crippen molar-refractivity contribution in [3.8, 4) is 0 Å². The lowest BCUT2D eigenvalue weighted by Gasteiger charge is -2.38. The molecule has 1 saturated heterocycles. The van der Waals surface area contributed by atoms with E-state index in [-0.39, 0.29) is 17.7 Å². The number of rotatable bonds is 6. The topological polar surface area (TPSA) is 54.7 Å². The highest BCUT2D eigenvalue weighted by Gasteiger charge is 2.27. The van der Waals surface area contributed by atoms with Gasteiger partial charge in [0.2, 0.25) is 0 Å². The molecule has 0 bridgehead atoms. The molecular weight excluding hydrogens is 376 g/mol. The number of morpholine rings is 1. The summed E-state index contributed by atoms with van der Waals surface area (Å²) in [4.78, 5) is 14.6. The van der Waals surface area contributed by atoms with Crippen LogP contribution in [0.5, 0.6) is 0 Å². The van der Waals surface area contributed by atoms with Crippen molar-refractivity contribution in [2.24, 2.45) is 0 Å². The summed E-state index contributed by atoms with van der Waals surface area (Å²) >= 11 is 0. The van der Waals surface area contributed by atoms with Crippen molar-refractivity contribution in [1.29, 1.82) is 0 Å². The molecule has 158 valence electrons. The van der Waals surface area contributed by atoms with Crippen molar-refractivity contribution in [1.82, 2.24) is 10.2 Å². The molecule has 5 nitrogen and oxygen atoms in total. The molecule has 3 aromatic rings. The standard InChI is InChI=1S/C25H30N2O3/c1-17-13-22-21(15-24(28)30-23(22)14-18(17)2)16-26-19(3)25(20-7-5-4-6-8-20)27-9-11-29-12-10-27/h4-8,13-15,19,25-26H,9-12,16H2,1-3H3/t19-,25-/m0/s1. The lowest BCUT2D eigenvalue weighted by atomic mass is 9.97. The van der Waals surface area contributed by atoms with Gasteiger partial charge in [-0.3, -0.25) is 4.90 Å². The van der Waals surface area contributed by atoms with E-state index >= 15 is 0 Å². The molecule has 0 saturated carbocycles. The van der Waals surface area contributed by atoms with E-state index in [4.69, 9.17) is 9.15 Å². The van der Waals surface area contributed by atoms with Gasteiger partial charge in [0, 0.05) is 37.1 Å². The lowest BCUT2D eigenvalue weighted by Crippen LogP contribution is -2.46. The summed E-state index contributed by atoms with van der Waals surface area (Å²) in [5, 5.41) is 4.69. The number of fused-ring (bicyclic) bond motifs is 1. The van der Waals surface area contributed by atoms with E-state index in [1.165, 1.54) is 11.1 Å². The van der Waals surface area contributed by atoms with E-state index < -0.39 is 0 Å². The van der Waals surface area contributed by atoms with Gasteiger partial charge < -0.3 is 14.5 Å². The van der Waals surface area contributed by atoms with Gasteiger partial charge >= 0.3 is 5.63 Å². The number of benzene rings is 2. The maximum atomic E-state index is 12.1. The Hall–Kier alpha value is -2.47. The molecule has 0 radical (unpaired) electrons. The second-order valence-corrected chi connectivity index (χ2v) is 8.20. The molecular formula is C25H30N2O3. The van der Waals surface area contributed by atoms with Crippen LogP contribution in [0.2, 0.25) is 0 Å². The van der Waals surface area contributed by atoms with E-state index in [0.29, 0.717) is 12.1 Å². The van der Waals surface area contributed by atoms with Crippen molar-refractivity contribution in [3.63, 3.8) is 0 Å². The first-order valence-corrected chi connectivity index (χ1v) is 10.7. The van der Waals surface area contributed by atoms with E-state index in [9.17, 15) is 4.79 Å². The van der Waals surface area contributed by atoms with Crippen LogP contribution in [-0.4, -0.2) is 37.2 Å². The van der Waals surface area contributed by atoms with Crippen LogP contribution in [0.3, 0.4) is 0 Å². The fraction of sp³-hybridized carbons (Fsp3) is 0.400. The highest BCUT2D eigenvalue weighted by molar-refractivity contribution is 5.81. The largest absolute Gasteiger partial charge is 0.423 e. The summed E-state index contributed by atoms with van der Waals surface area (Å²) in [6.45, 7) is 10.3. The van der Waals surface area contributed by atoms with Gasteiger partial charge in [0.1, 0.15) is 5.58 Å². The zero-order valence-corrected chi connectivity index (χ0v) is 18.0. The van der Waals surface area contributed by atoms with E-state index in [2.05, 4.69) is 60.5 Å². The normalized spacial score (nSPS) is 17.2. The van der Waals surface area contributed by atoms with Crippen LogP contribution in [0.1, 0.15) is 35.2 Å². The number of nitrogens with zero attached hydrogens (tertiary/aromatic N) is 1. The van der Waals surface area contributed by atoms with Gasteiger partial charge in [-0.2, -0.15) is 0 Å². The van der Waals surface area contributed by atoms with Crippen molar-refractivity contribution in [2.45, 2.75) is 39.4 Å². The number of nitrogens with one attached hydrogen (secondary N) is 1. The summed E-state index contributed by atoms with van der Waals surface area (Å²) in [7, 11) is 0. The van der Waals surface area contributed by atoms with Gasteiger partial charge in [0.25, 0.3) is 0 Å². The van der Waals surface area contributed by atoms with E-state index in [1.807, 2.05) is 13.0 Å². The van der Waals surface area contributed by atoms with Crippen LogP contribution >= 0.6 is 0 Å². The summed E-state index contributed by atoms with van der Waals surface area (Å²) < 4.78 is 11.0. The number of ether oxygens (including phenoxy) is 1. The smallest absolute Gasteiger partial charge is 0.336 e. The third-order valence-electron chi connectivity index (χ3n) is 6.11. The minimum Gasteiger partial charge on any atom is -0.423 e. The Kier molecular flexibility index (Phi) is 6.32. The quantitative estimate of drug-likeness (QED) is 0.628. The highest BCUT2D eigenvalue weighted by Crippen LogP contribution is 2.26. The molecule has 2 atom stereocenters. The van der Waals surface area contributed by atoms with Gasteiger partial charge in [-0.15, -0.1) is 0 Å². The highest BCUT2D eigenvalue weighted by atomic mass is 16.5. The van der Waals surface area contributed by atoms with Gasteiger partial charge in [-0.25, -0.2) is 4.79 Å². The fourth-order valence-electron chi connectivity index (χ4n) is 4.33. The van der Waals surface area contributed by atoms with Crippen LogP contribution in [0.25, 0.3) is 11.0 Å². The zero-order chi connectivity index (χ0) is 21.1. The van der Waals surface area contributed by atoms with E-state index in [0.717, 1.165) is 42.8 Å². The van der Waals surface area contributed by atoms with Gasteiger partial charge in [0.05, 0.1) is 19.3 Å². The summed E-state index contributed by atoms with van der Waals surface area (Å²) in [5.74, 6) is 0. The van der Waals surface area contributed by atoms with Gasteiger partial charge in [-0.1, -0.05) is 30.3 Å². The van der Waals surface area contributed by atoms with Crippen molar-refractivity contribution in [3.05, 3.63) is 81.2 Å². The van der Waals surface area contributed by atoms with Crippen LogP contribution in [0.15, 0.2) is 57.7 Å². The third kappa shape index (κ3) is 4.48. The Morgan fingerprint density at radius 2 is 1.73 bits per heavy atom. The Morgan fingerprint density at radius 1 is 1.03 bits per heavy atom. The second-order valence-electron chi connectivity index (χ2n) is 8.20. The minimum absolute atomic E-state index is 0.194. The van der Waals surface area contributed by atoms with Crippen molar-refractivity contribution in [2.75, 3.05) is 26.3 Å². The molecule has 0 unspecified atom stereocenters. The first-order valence-electron chi connectivity index (χ1n) is 10.7. The van der Waals surface area contributed by atoms with Crippen LogP contribution in [0, 0.1) is 13.8 Å². The van der Waals surface area contributed by atoms with Crippen molar-refractivity contribution >= 4 is 11.0 Å². The molecule has 30 heavy (non-hydrogen) atoms. The number of hydrogen-bond acceptors (Lipinski definition) is 5. The zero-order valence-electron chi connectivity index (χ0n) is 18.0. The molecule has 1 fully saturated rings. The molecule has 0 amide bonds. The maximum Gasteiger partial charge on any atom is 0.336 e. The number of hydrogen-bond donors (Lipinski definition) is 1. The monoisotopic (exact) mass is 406 g/mol. The maximum absolute atomic E-state index is 12.1.